The van der Waals surface area contributed by atoms with Crippen molar-refractivity contribution in [2.75, 3.05) is 0 Å². The van der Waals surface area contributed by atoms with Crippen molar-refractivity contribution in [3.8, 4) is 22.8 Å². The molecule has 2 unspecified atom stereocenters. The van der Waals surface area contributed by atoms with Gasteiger partial charge in [-0.15, -0.1) is 0 Å². The number of aromatic amines is 1. The molecule has 0 aliphatic carbocycles. The largest absolute Gasteiger partial charge is 0.457 e. The minimum Gasteiger partial charge on any atom is -0.457 e. The maximum absolute atomic E-state index is 14.1. The number of benzene rings is 5. The number of para-hydroxylation sites is 1. The SMILES string of the molecule is Cc1cccc(Oc2ccc3c(c2)cc(C(=O)NNC(=O)C(C)N2C(=O)c4ccccc4C2c2c(-c4ccccc4)[nH]c4ccccc24)n3C)c1. The molecule has 51 heavy (non-hydrogen) atoms. The number of carbonyl (C=O) groups excluding carboxylic acids is 3. The summed E-state index contributed by atoms with van der Waals surface area (Å²) in [5, 5.41) is 1.77. The first kappa shape index (κ1) is 31.6. The van der Waals surface area contributed by atoms with Crippen LogP contribution >= 0.6 is 0 Å². The minimum absolute atomic E-state index is 0.258. The number of rotatable bonds is 7. The molecule has 5 aromatic carbocycles. The summed E-state index contributed by atoms with van der Waals surface area (Å²) in [7, 11) is 1.79. The lowest BCUT2D eigenvalue weighted by atomic mass is 9.92. The van der Waals surface area contributed by atoms with Gasteiger partial charge in [0, 0.05) is 40.0 Å². The topological polar surface area (TPSA) is 108 Å². The Balaban J connectivity index is 1.07. The molecule has 3 amide bonds. The van der Waals surface area contributed by atoms with Crippen molar-refractivity contribution in [2.24, 2.45) is 7.05 Å². The number of nitrogens with zero attached hydrogens (tertiary/aromatic N) is 2. The Morgan fingerprint density at radius 1 is 0.804 bits per heavy atom. The van der Waals surface area contributed by atoms with Crippen LogP contribution in [0.3, 0.4) is 0 Å². The highest BCUT2D eigenvalue weighted by atomic mass is 16.5. The van der Waals surface area contributed by atoms with Gasteiger partial charge < -0.3 is 19.2 Å². The van der Waals surface area contributed by atoms with Crippen molar-refractivity contribution in [1.82, 2.24) is 25.3 Å². The molecule has 2 aromatic heterocycles. The first-order valence-electron chi connectivity index (χ1n) is 16.8. The van der Waals surface area contributed by atoms with E-state index in [4.69, 9.17) is 4.74 Å². The van der Waals surface area contributed by atoms with Crippen molar-refractivity contribution in [3.63, 3.8) is 0 Å². The van der Waals surface area contributed by atoms with Crippen molar-refractivity contribution in [3.05, 3.63) is 155 Å². The first-order chi connectivity index (χ1) is 24.8. The number of aromatic nitrogens is 2. The predicted molar refractivity (Wildman–Crippen MR) is 197 cm³/mol. The molecule has 0 saturated heterocycles. The van der Waals surface area contributed by atoms with Crippen LogP contribution in [0.25, 0.3) is 33.1 Å². The summed E-state index contributed by atoms with van der Waals surface area (Å²) in [6.07, 6.45) is 0. The average Bonchev–Trinajstić information content (AvgIpc) is 3.79. The number of carbonyl (C=O) groups is 3. The van der Waals surface area contributed by atoms with Gasteiger partial charge in [-0.3, -0.25) is 25.2 Å². The number of hydrogen-bond acceptors (Lipinski definition) is 4. The summed E-state index contributed by atoms with van der Waals surface area (Å²) in [5.41, 5.74) is 12.5. The second-order valence-corrected chi connectivity index (χ2v) is 12.9. The van der Waals surface area contributed by atoms with E-state index in [1.807, 2.05) is 122 Å². The number of H-pyrrole nitrogens is 1. The maximum Gasteiger partial charge on any atom is 0.286 e. The molecule has 0 spiro atoms. The molecule has 8 rings (SSSR count). The average molecular weight is 674 g/mol. The van der Waals surface area contributed by atoms with Gasteiger partial charge in [-0.25, -0.2) is 0 Å². The van der Waals surface area contributed by atoms with E-state index >= 15 is 0 Å². The molecular formula is C42H35N5O4. The van der Waals surface area contributed by atoms with E-state index in [1.165, 1.54) is 0 Å². The Hall–Kier alpha value is -6.61. The normalized spacial score (nSPS) is 14.5. The van der Waals surface area contributed by atoms with E-state index in [2.05, 4.69) is 15.8 Å². The second-order valence-electron chi connectivity index (χ2n) is 12.9. The lowest BCUT2D eigenvalue weighted by molar-refractivity contribution is -0.126. The third kappa shape index (κ3) is 5.58. The maximum atomic E-state index is 14.1. The first-order valence-corrected chi connectivity index (χ1v) is 16.8. The summed E-state index contributed by atoms with van der Waals surface area (Å²) in [5.74, 6) is 0.0903. The zero-order valence-electron chi connectivity index (χ0n) is 28.3. The molecule has 0 radical (unpaired) electrons. The molecule has 0 fully saturated rings. The van der Waals surface area contributed by atoms with Gasteiger partial charge >= 0.3 is 0 Å². The molecule has 1 aliphatic rings. The van der Waals surface area contributed by atoms with Crippen molar-refractivity contribution < 1.29 is 19.1 Å². The Labute approximate surface area is 294 Å². The lowest BCUT2D eigenvalue weighted by Crippen LogP contribution is -2.52. The molecule has 3 heterocycles. The molecule has 3 N–H and O–H groups in total. The van der Waals surface area contributed by atoms with Gasteiger partial charge in [0.05, 0.1) is 11.7 Å². The molecule has 9 heteroatoms. The van der Waals surface area contributed by atoms with E-state index < -0.39 is 23.9 Å². The number of aryl methyl sites for hydroxylation is 2. The van der Waals surface area contributed by atoms with Crippen molar-refractivity contribution in [1.29, 1.82) is 0 Å². The van der Waals surface area contributed by atoms with Crippen LogP contribution in [-0.4, -0.2) is 38.2 Å². The molecule has 0 saturated carbocycles. The van der Waals surface area contributed by atoms with Crippen molar-refractivity contribution >= 4 is 39.5 Å². The molecule has 0 bridgehead atoms. The highest BCUT2D eigenvalue weighted by Crippen LogP contribution is 2.46. The van der Waals surface area contributed by atoms with Gasteiger partial charge in [0.25, 0.3) is 17.7 Å². The zero-order valence-corrected chi connectivity index (χ0v) is 28.3. The number of hydrogen-bond donors (Lipinski definition) is 3. The molecule has 9 nitrogen and oxygen atoms in total. The monoisotopic (exact) mass is 673 g/mol. The Bertz CT molecular complexity index is 2480. The van der Waals surface area contributed by atoms with Crippen LogP contribution in [0, 0.1) is 6.92 Å². The van der Waals surface area contributed by atoms with E-state index in [9.17, 15) is 14.4 Å². The van der Waals surface area contributed by atoms with E-state index in [0.717, 1.165) is 55.5 Å². The molecule has 2 atom stereocenters. The molecule has 7 aromatic rings. The quantitative estimate of drug-likeness (QED) is 0.150. The highest BCUT2D eigenvalue weighted by molar-refractivity contribution is 6.05. The van der Waals surface area contributed by atoms with Crippen LogP contribution in [0.15, 0.2) is 127 Å². The van der Waals surface area contributed by atoms with Gasteiger partial charge in [-0.2, -0.15) is 0 Å². The van der Waals surface area contributed by atoms with E-state index in [0.29, 0.717) is 17.0 Å². The minimum atomic E-state index is -0.943. The number of fused-ring (bicyclic) bond motifs is 3. The van der Waals surface area contributed by atoms with Gasteiger partial charge in [0.1, 0.15) is 23.2 Å². The number of amides is 3. The Kier molecular flexibility index (Phi) is 7.87. The van der Waals surface area contributed by atoms with Crippen LogP contribution in [0.2, 0.25) is 0 Å². The summed E-state index contributed by atoms with van der Waals surface area (Å²) < 4.78 is 7.81. The van der Waals surface area contributed by atoms with Crippen molar-refractivity contribution in [2.45, 2.75) is 25.9 Å². The molecule has 1 aliphatic heterocycles. The van der Waals surface area contributed by atoms with Crippen LogP contribution in [0.5, 0.6) is 11.5 Å². The third-order valence-electron chi connectivity index (χ3n) is 9.65. The highest BCUT2D eigenvalue weighted by Gasteiger charge is 2.44. The van der Waals surface area contributed by atoms with Crippen LogP contribution in [-0.2, 0) is 11.8 Å². The summed E-state index contributed by atoms with van der Waals surface area (Å²) >= 11 is 0. The third-order valence-corrected chi connectivity index (χ3v) is 9.65. The lowest BCUT2D eigenvalue weighted by Gasteiger charge is -2.31. The standard InChI is InChI=1S/C42H35N5O4/c1-25-12-11-15-29(22-25)51-30-20-21-35-28(23-30)24-36(46(35)3)41(49)45-44-40(48)26(2)47-39(31-16-7-8-17-32(31)42(47)50)37-33-18-9-10-19-34(33)43-38(37)27-13-5-4-6-14-27/h4-24,26,39,43H,1-3H3,(H,44,48)(H,45,49). The van der Waals surface area contributed by atoms with Gasteiger partial charge in [0.2, 0.25) is 0 Å². The van der Waals surface area contributed by atoms with Crippen LogP contribution in [0.1, 0.15) is 50.5 Å². The number of ether oxygens (including phenoxy) is 1. The Morgan fingerprint density at radius 2 is 1.55 bits per heavy atom. The van der Waals surface area contributed by atoms with Gasteiger partial charge in [-0.1, -0.05) is 78.9 Å². The fraction of sp³-hybridized carbons (Fsp3) is 0.119. The van der Waals surface area contributed by atoms with Crippen LogP contribution in [0.4, 0.5) is 0 Å². The summed E-state index contributed by atoms with van der Waals surface area (Å²) in [6, 6.07) is 39.1. The number of hydrazine groups is 1. The Morgan fingerprint density at radius 3 is 2.37 bits per heavy atom. The molecule has 252 valence electrons. The fourth-order valence-electron chi connectivity index (χ4n) is 7.15. The number of nitrogens with one attached hydrogen (secondary N) is 3. The van der Waals surface area contributed by atoms with E-state index in [-0.39, 0.29) is 5.91 Å². The van der Waals surface area contributed by atoms with Crippen LogP contribution < -0.4 is 15.6 Å². The fourth-order valence-corrected chi connectivity index (χ4v) is 7.15. The predicted octanol–water partition coefficient (Wildman–Crippen LogP) is 7.82. The van der Waals surface area contributed by atoms with E-state index in [1.54, 1.807) is 35.6 Å². The smallest absolute Gasteiger partial charge is 0.286 e. The second kappa shape index (κ2) is 12.7. The van der Waals surface area contributed by atoms with Gasteiger partial charge in [-0.05, 0) is 79.1 Å². The molecular weight excluding hydrogens is 638 g/mol. The van der Waals surface area contributed by atoms with Gasteiger partial charge in [0.15, 0.2) is 0 Å². The zero-order chi connectivity index (χ0) is 35.2. The summed E-state index contributed by atoms with van der Waals surface area (Å²) in [6.45, 7) is 3.69. The summed E-state index contributed by atoms with van der Waals surface area (Å²) in [4.78, 5) is 46.6.